The van der Waals surface area contributed by atoms with Crippen molar-refractivity contribution in [3.05, 3.63) is 53.1 Å². The quantitative estimate of drug-likeness (QED) is 0.876. The number of aromatic nitrogens is 2. The maximum absolute atomic E-state index is 10.6. The SMILES string of the molecule is Cc1cc(C)cc(C(O)CN2CCC(C(O)c3nccn3C)CC2)c1. The van der Waals surface area contributed by atoms with Crippen LogP contribution in [0.1, 0.15) is 47.6 Å². The molecule has 1 saturated heterocycles. The highest BCUT2D eigenvalue weighted by Gasteiger charge is 2.29. The fourth-order valence-corrected chi connectivity index (χ4v) is 3.88. The molecule has 0 bridgehead atoms. The van der Waals surface area contributed by atoms with Gasteiger partial charge in [-0.15, -0.1) is 0 Å². The third-order valence-electron chi connectivity index (χ3n) is 5.26. The molecule has 2 unspecified atom stereocenters. The van der Waals surface area contributed by atoms with Crippen LogP contribution in [0.25, 0.3) is 0 Å². The molecule has 2 aromatic rings. The molecule has 0 amide bonds. The van der Waals surface area contributed by atoms with Crippen LogP contribution < -0.4 is 0 Å². The van der Waals surface area contributed by atoms with Crippen molar-refractivity contribution in [2.75, 3.05) is 19.6 Å². The highest BCUT2D eigenvalue weighted by molar-refractivity contribution is 5.30. The number of piperidine rings is 1. The van der Waals surface area contributed by atoms with Crippen LogP contribution in [0.5, 0.6) is 0 Å². The molecule has 0 saturated carbocycles. The number of likely N-dealkylation sites (tertiary alicyclic amines) is 1. The number of aliphatic hydroxyl groups is 2. The summed E-state index contributed by atoms with van der Waals surface area (Å²) in [5.74, 6) is 0.976. The minimum Gasteiger partial charge on any atom is -0.387 e. The van der Waals surface area contributed by atoms with E-state index in [1.54, 1.807) is 6.20 Å². The number of hydrogen-bond donors (Lipinski definition) is 2. The Balaban J connectivity index is 1.54. The van der Waals surface area contributed by atoms with Gasteiger partial charge in [0.15, 0.2) is 0 Å². The first-order chi connectivity index (χ1) is 11.9. The second-order valence-electron chi connectivity index (χ2n) is 7.42. The van der Waals surface area contributed by atoms with E-state index in [0.717, 1.165) is 37.3 Å². The number of β-amino-alcohol motifs (C(OH)–C–C–N with tert-alkyl or cyclic N) is 1. The summed E-state index contributed by atoms with van der Waals surface area (Å²) in [7, 11) is 1.92. The van der Waals surface area contributed by atoms with Gasteiger partial charge >= 0.3 is 0 Å². The predicted molar refractivity (Wildman–Crippen MR) is 98.2 cm³/mol. The van der Waals surface area contributed by atoms with Gasteiger partial charge in [-0.1, -0.05) is 29.3 Å². The van der Waals surface area contributed by atoms with E-state index in [9.17, 15) is 10.2 Å². The first-order valence-electron chi connectivity index (χ1n) is 9.08. The summed E-state index contributed by atoms with van der Waals surface area (Å²) in [6.45, 7) is 6.57. The molecular formula is C20H29N3O2. The second-order valence-corrected chi connectivity index (χ2v) is 7.42. The Labute approximate surface area is 149 Å². The Morgan fingerprint density at radius 1 is 1.12 bits per heavy atom. The van der Waals surface area contributed by atoms with Crippen LogP contribution in [0.3, 0.4) is 0 Å². The van der Waals surface area contributed by atoms with Crippen molar-refractivity contribution in [3.63, 3.8) is 0 Å². The maximum atomic E-state index is 10.6. The zero-order valence-electron chi connectivity index (χ0n) is 15.4. The molecule has 2 atom stereocenters. The van der Waals surface area contributed by atoms with Gasteiger partial charge in [0.1, 0.15) is 11.9 Å². The Morgan fingerprint density at radius 3 is 2.32 bits per heavy atom. The molecule has 2 heterocycles. The van der Waals surface area contributed by atoms with E-state index < -0.39 is 12.2 Å². The standard InChI is InChI=1S/C20H29N3O2/c1-14-10-15(2)12-17(11-14)18(24)13-23-7-4-16(5-8-23)19(25)20-21-6-9-22(20)3/h6,9-12,16,18-19,24-25H,4-5,7-8,13H2,1-3H3. The number of imidazole rings is 1. The summed E-state index contributed by atoms with van der Waals surface area (Å²) < 4.78 is 1.89. The number of aliphatic hydroxyl groups excluding tert-OH is 2. The van der Waals surface area contributed by atoms with Gasteiger partial charge in [0, 0.05) is 26.0 Å². The van der Waals surface area contributed by atoms with E-state index >= 15 is 0 Å². The molecule has 0 radical (unpaired) electrons. The molecule has 1 fully saturated rings. The molecule has 0 spiro atoms. The van der Waals surface area contributed by atoms with Gasteiger partial charge in [-0.2, -0.15) is 0 Å². The molecule has 5 nitrogen and oxygen atoms in total. The lowest BCUT2D eigenvalue weighted by molar-refractivity contribution is 0.0346. The van der Waals surface area contributed by atoms with Gasteiger partial charge < -0.3 is 19.7 Å². The molecule has 1 aromatic carbocycles. The molecule has 3 rings (SSSR count). The van der Waals surface area contributed by atoms with E-state index in [4.69, 9.17) is 0 Å². The Bertz CT molecular complexity index is 684. The van der Waals surface area contributed by atoms with Crippen molar-refractivity contribution >= 4 is 0 Å². The lowest BCUT2D eigenvalue weighted by atomic mass is 9.90. The van der Waals surface area contributed by atoms with E-state index in [0.29, 0.717) is 6.54 Å². The predicted octanol–water partition coefficient (Wildman–Crippen LogP) is 2.52. The summed E-state index contributed by atoms with van der Waals surface area (Å²) in [5, 5.41) is 21.1. The molecule has 0 aliphatic carbocycles. The van der Waals surface area contributed by atoms with Crippen molar-refractivity contribution in [2.24, 2.45) is 13.0 Å². The molecule has 1 aromatic heterocycles. The summed E-state index contributed by atoms with van der Waals surface area (Å²) in [6, 6.07) is 6.26. The minimum absolute atomic E-state index is 0.232. The Hall–Kier alpha value is -1.69. The second kappa shape index (κ2) is 7.68. The largest absolute Gasteiger partial charge is 0.387 e. The molecule has 1 aliphatic heterocycles. The van der Waals surface area contributed by atoms with Crippen molar-refractivity contribution in [1.29, 1.82) is 0 Å². The van der Waals surface area contributed by atoms with E-state index in [1.807, 2.05) is 17.8 Å². The third kappa shape index (κ3) is 4.29. The molecule has 1 aliphatic rings. The van der Waals surface area contributed by atoms with Crippen LogP contribution in [-0.2, 0) is 7.05 Å². The van der Waals surface area contributed by atoms with Crippen molar-refractivity contribution in [1.82, 2.24) is 14.5 Å². The van der Waals surface area contributed by atoms with Crippen LogP contribution in [-0.4, -0.2) is 44.3 Å². The van der Waals surface area contributed by atoms with Gasteiger partial charge in [0.25, 0.3) is 0 Å². The van der Waals surface area contributed by atoms with E-state index in [-0.39, 0.29) is 5.92 Å². The fourth-order valence-electron chi connectivity index (χ4n) is 3.88. The highest BCUT2D eigenvalue weighted by Crippen LogP contribution is 2.30. The molecule has 5 heteroatoms. The highest BCUT2D eigenvalue weighted by atomic mass is 16.3. The van der Waals surface area contributed by atoms with Crippen LogP contribution in [0, 0.1) is 19.8 Å². The molecule has 25 heavy (non-hydrogen) atoms. The van der Waals surface area contributed by atoms with Crippen LogP contribution in [0.4, 0.5) is 0 Å². The number of aryl methyl sites for hydroxylation is 3. The maximum Gasteiger partial charge on any atom is 0.137 e. The summed E-state index contributed by atoms with van der Waals surface area (Å²) in [4.78, 5) is 6.57. The summed E-state index contributed by atoms with van der Waals surface area (Å²) in [6.07, 6.45) is 4.48. The van der Waals surface area contributed by atoms with Gasteiger partial charge in [-0.05, 0) is 51.3 Å². The smallest absolute Gasteiger partial charge is 0.137 e. The summed E-state index contributed by atoms with van der Waals surface area (Å²) >= 11 is 0. The lowest BCUT2D eigenvalue weighted by Crippen LogP contribution is -2.38. The number of hydrogen-bond acceptors (Lipinski definition) is 4. The van der Waals surface area contributed by atoms with Gasteiger partial charge in [0.05, 0.1) is 6.10 Å². The van der Waals surface area contributed by atoms with Gasteiger partial charge in [-0.3, -0.25) is 0 Å². The minimum atomic E-state index is -0.508. The van der Waals surface area contributed by atoms with E-state index in [1.165, 1.54) is 11.1 Å². The van der Waals surface area contributed by atoms with Gasteiger partial charge in [-0.25, -0.2) is 4.98 Å². The normalized spacial score (nSPS) is 19.1. The molecule has 136 valence electrons. The summed E-state index contributed by atoms with van der Waals surface area (Å²) in [5.41, 5.74) is 3.37. The Morgan fingerprint density at radius 2 is 1.76 bits per heavy atom. The van der Waals surface area contributed by atoms with Crippen LogP contribution in [0.15, 0.2) is 30.6 Å². The monoisotopic (exact) mass is 343 g/mol. The average molecular weight is 343 g/mol. The topological polar surface area (TPSA) is 61.5 Å². The molecule has 2 N–H and O–H groups in total. The first-order valence-corrected chi connectivity index (χ1v) is 9.08. The lowest BCUT2D eigenvalue weighted by Gasteiger charge is -2.35. The number of benzene rings is 1. The van der Waals surface area contributed by atoms with Crippen molar-refractivity contribution in [2.45, 2.75) is 38.9 Å². The Kier molecular flexibility index (Phi) is 5.57. The zero-order chi connectivity index (χ0) is 18.0. The molecular weight excluding hydrogens is 314 g/mol. The third-order valence-corrected chi connectivity index (χ3v) is 5.26. The van der Waals surface area contributed by atoms with Crippen molar-refractivity contribution < 1.29 is 10.2 Å². The fraction of sp³-hybridized carbons (Fsp3) is 0.550. The van der Waals surface area contributed by atoms with Crippen LogP contribution in [0.2, 0.25) is 0 Å². The average Bonchev–Trinajstić information content (AvgIpc) is 3.00. The first kappa shape index (κ1) is 18.1. The number of nitrogens with zero attached hydrogens (tertiary/aromatic N) is 3. The van der Waals surface area contributed by atoms with Gasteiger partial charge in [0.2, 0.25) is 0 Å². The van der Waals surface area contributed by atoms with Crippen molar-refractivity contribution in [3.8, 4) is 0 Å². The number of rotatable bonds is 5. The van der Waals surface area contributed by atoms with E-state index in [2.05, 4.69) is 41.9 Å². The zero-order valence-corrected chi connectivity index (χ0v) is 15.4. The van der Waals surface area contributed by atoms with Crippen LogP contribution >= 0.6 is 0 Å².